The number of carbonyl (C=O) groups is 2. The summed E-state index contributed by atoms with van der Waals surface area (Å²) < 4.78 is 12.5. The van der Waals surface area contributed by atoms with Crippen molar-refractivity contribution in [1.29, 1.82) is 0 Å². The maximum atomic E-state index is 13.5. The second-order valence-corrected chi connectivity index (χ2v) is 13.4. The SMILES string of the molecule is COc1cc(/C=C2/SC(=S)N(c3ccc([N+](=O)[O-])cc3)C2=O)cc(Br)c1OC(=O)C12CC3CC(CC(C3)C1)C2. The van der Waals surface area contributed by atoms with Gasteiger partial charge < -0.3 is 9.47 Å². The molecule has 0 atom stereocenters. The molecular weight excluding hydrogens is 604 g/mol. The zero-order valence-corrected chi connectivity index (χ0v) is 24.3. The van der Waals surface area contributed by atoms with Gasteiger partial charge in [0, 0.05) is 12.1 Å². The van der Waals surface area contributed by atoms with E-state index in [1.165, 1.54) is 55.5 Å². The molecule has 2 aromatic carbocycles. The molecule has 2 aromatic rings. The molecule has 4 saturated carbocycles. The van der Waals surface area contributed by atoms with Gasteiger partial charge in [-0.05, 0) is 108 Å². The van der Waals surface area contributed by atoms with Crippen LogP contribution < -0.4 is 14.4 Å². The number of thioether (sulfide) groups is 1. The molecular formula is C28H25BrN2O6S2. The summed E-state index contributed by atoms with van der Waals surface area (Å²) in [6.45, 7) is 0. The van der Waals surface area contributed by atoms with Crippen LogP contribution in [0.2, 0.25) is 0 Å². The minimum atomic E-state index is -0.497. The fraction of sp³-hybridized carbons (Fsp3) is 0.393. The summed E-state index contributed by atoms with van der Waals surface area (Å²) >= 11 is 10.1. The standard InChI is InChI=1S/C28H25BrN2O6S2/c1-36-22-10-15(11-23-25(32)30(27(38)39-23)19-2-4-20(5-3-19)31(34)35)9-21(29)24(22)37-26(33)28-12-16-6-17(13-28)8-18(7-16)14-28/h2-5,9-11,16-18H,6-8,12-14H2,1H3/b23-11+. The van der Waals surface area contributed by atoms with Gasteiger partial charge in [-0.2, -0.15) is 0 Å². The lowest BCUT2D eigenvalue weighted by Gasteiger charge is -2.55. The van der Waals surface area contributed by atoms with Crippen molar-refractivity contribution in [3.05, 3.63) is 61.5 Å². The van der Waals surface area contributed by atoms with Crippen LogP contribution in [0.15, 0.2) is 45.8 Å². The summed E-state index contributed by atoms with van der Waals surface area (Å²) in [5, 5.41) is 11.0. The lowest BCUT2D eigenvalue weighted by atomic mass is 9.49. The van der Waals surface area contributed by atoms with E-state index in [-0.39, 0.29) is 17.6 Å². The van der Waals surface area contributed by atoms with E-state index in [0.29, 0.717) is 54.2 Å². The molecule has 1 heterocycles. The number of nitrogens with zero attached hydrogens (tertiary/aromatic N) is 2. The minimum Gasteiger partial charge on any atom is -0.493 e. The lowest BCUT2D eigenvalue weighted by Crippen LogP contribution is -2.51. The molecule has 5 aliphatic rings. The van der Waals surface area contributed by atoms with E-state index in [2.05, 4.69) is 15.9 Å². The number of hydrogen-bond donors (Lipinski definition) is 0. The van der Waals surface area contributed by atoms with E-state index in [1.807, 2.05) is 0 Å². The van der Waals surface area contributed by atoms with Crippen molar-refractivity contribution in [2.75, 3.05) is 12.0 Å². The predicted molar refractivity (Wildman–Crippen MR) is 156 cm³/mol. The van der Waals surface area contributed by atoms with Crippen molar-refractivity contribution in [1.82, 2.24) is 0 Å². The highest BCUT2D eigenvalue weighted by molar-refractivity contribution is 9.10. The summed E-state index contributed by atoms with van der Waals surface area (Å²) in [5.74, 6) is 2.11. The third kappa shape index (κ3) is 4.78. The van der Waals surface area contributed by atoms with Gasteiger partial charge in [0.05, 0.1) is 32.5 Å². The number of esters is 1. The first-order valence-corrected chi connectivity index (χ1v) is 14.8. The molecule has 1 aliphatic heterocycles. The lowest BCUT2D eigenvalue weighted by molar-refractivity contribution is -0.384. The Bertz CT molecular complexity index is 1400. The van der Waals surface area contributed by atoms with E-state index in [9.17, 15) is 19.7 Å². The quantitative estimate of drug-likeness (QED) is 0.0851. The Morgan fingerprint density at radius 1 is 1.15 bits per heavy atom. The molecule has 202 valence electrons. The first kappa shape index (κ1) is 26.5. The van der Waals surface area contributed by atoms with E-state index >= 15 is 0 Å². The van der Waals surface area contributed by atoms with Crippen LogP contribution in [-0.4, -0.2) is 28.2 Å². The monoisotopic (exact) mass is 628 g/mol. The largest absolute Gasteiger partial charge is 0.493 e. The van der Waals surface area contributed by atoms with Gasteiger partial charge in [-0.1, -0.05) is 24.0 Å². The maximum Gasteiger partial charge on any atom is 0.317 e. The van der Waals surface area contributed by atoms with Crippen LogP contribution in [0.5, 0.6) is 11.5 Å². The molecule has 0 spiro atoms. The normalized spacial score (nSPS) is 28.3. The second kappa shape index (κ2) is 10.0. The van der Waals surface area contributed by atoms with Gasteiger partial charge in [0.25, 0.3) is 11.6 Å². The fourth-order valence-corrected chi connectivity index (χ4v) is 8.89. The van der Waals surface area contributed by atoms with Gasteiger partial charge in [0.15, 0.2) is 15.8 Å². The smallest absolute Gasteiger partial charge is 0.317 e. The number of amides is 1. The topological polar surface area (TPSA) is 99.0 Å². The number of nitro benzene ring substituents is 1. The number of hydrogen-bond acceptors (Lipinski definition) is 8. The van der Waals surface area contributed by atoms with Crippen LogP contribution in [0.1, 0.15) is 44.1 Å². The predicted octanol–water partition coefficient (Wildman–Crippen LogP) is 6.89. The summed E-state index contributed by atoms with van der Waals surface area (Å²) in [4.78, 5) is 39.0. The molecule has 1 saturated heterocycles. The number of anilines is 1. The molecule has 4 bridgehead atoms. The number of ether oxygens (including phenoxy) is 2. The zero-order valence-electron chi connectivity index (χ0n) is 21.1. The van der Waals surface area contributed by atoms with E-state index in [0.717, 1.165) is 31.0 Å². The van der Waals surface area contributed by atoms with Crippen molar-refractivity contribution < 1.29 is 24.0 Å². The number of rotatable bonds is 6. The van der Waals surface area contributed by atoms with Crippen LogP contribution in [0.4, 0.5) is 11.4 Å². The number of halogens is 1. The average molecular weight is 630 g/mol. The molecule has 0 aromatic heterocycles. The van der Waals surface area contributed by atoms with E-state index in [1.54, 1.807) is 18.2 Å². The summed E-state index contributed by atoms with van der Waals surface area (Å²) in [6, 6.07) is 9.18. The molecule has 8 nitrogen and oxygen atoms in total. The highest BCUT2D eigenvalue weighted by atomic mass is 79.9. The van der Waals surface area contributed by atoms with Crippen molar-refractivity contribution >= 4 is 73.6 Å². The van der Waals surface area contributed by atoms with E-state index < -0.39 is 10.3 Å². The van der Waals surface area contributed by atoms with E-state index in [4.69, 9.17) is 21.7 Å². The van der Waals surface area contributed by atoms with Gasteiger partial charge in [-0.15, -0.1) is 0 Å². The molecule has 4 aliphatic carbocycles. The number of benzene rings is 2. The highest BCUT2D eigenvalue weighted by Gasteiger charge is 2.55. The molecule has 1 amide bonds. The first-order valence-electron chi connectivity index (χ1n) is 12.8. The van der Waals surface area contributed by atoms with Crippen molar-refractivity contribution in [3.63, 3.8) is 0 Å². The first-order chi connectivity index (χ1) is 18.7. The Kier molecular flexibility index (Phi) is 6.79. The maximum absolute atomic E-state index is 13.5. The molecule has 7 rings (SSSR count). The third-order valence-electron chi connectivity index (χ3n) is 8.33. The van der Waals surface area contributed by atoms with Crippen molar-refractivity contribution in [3.8, 4) is 11.5 Å². The Balaban J connectivity index is 1.23. The zero-order chi connectivity index (χ0) is 27.5. The second-order valence-electron chi connectivity index (χ2n) is 10.9. The van der Waals surface area contributed by atoms with Crippen LogP contribution in [0.3, 0.4) is 0 Å². The molecule has 0 N–H and O–H groups in total. The molecule has 0 radical (unpaired) electrons. The number of thiocarbonyl (C=S) groups is 1. The minimum absolute atomic E-state index is 0.0688. The van der Waals surface area contributed by atoms with Crippen molar-refractivity contribution in [2.45, 2.75) is 38.5 Å². The van der Waals surface area contributed by atoms with Gasteiger partial charge in [0.1, 0.15) is 0 Å². The van der Waals surface area contributed by atoms with Crippen LogP contribution >= 0.6 is 39.9 Å². The molecule has 11 heteroatoms. The third-order valence-corrected chi connectivity index (χ3v) is 10.2. The number of methoxy groups -OCH3 is 1. The van der Waals surface area contributed by atoms with Gasteiger partial charge in [-0.25, -0.2) is 0 Å². The Labute approximate surface area is 243 Å². The van der Waals surface area contributed by atoms with Crippen LogP contribution in [0, 0.1) is 33.3 Å². The van der Waals surface area contributed by atoms with Gasteiger partial charge in [-0.3, -0.25) is 24.6 Å². The van der Waals surface area contributed by atoms with Crippen LogP contribution in [0.25, 0.3) is 6.08 Å². The summed E-state index contributed by atoms with van der Waals surface area (Å²) in [5.41, 5.74) is 0.652. The van der Waals surface area contributed by atoms with Gasteiger partial charge in [0.2, 0.25) is 0 Å². The van der Waals surface area contributed by atoms with Crippen molar-refractivity contribution in [2.24, 2.45) is 23.2 Å². The summed E-state index contributed by atoms with van der Waals surface area (Å²) in [7, 11) is 1.52. The molecule has 5 fully saturated rings. The van der Waals surface area contributed by atoms with Gasteiger partial charge >= 0.3 is 5.97 Å². The Hall–Kier alpha value is -2.76. The summed E-state index contributed by atoms with van der Waals surface area (Å²) in [6.07, 6.45) is 8.15. The fourth-order valence-electron chi connectivity index (χ4n) is 7.05. The number of carbonyl (C=O) groups excluding carboxylic acids is 2. The number of non-ortho nitro benzene ring substituents is 1. The molecule has 0 unspecified atom stereocenters. The average Bonchev–Trinajstić information content (AvgIpc) is 3.16. The Morgan fingerprint density at radius 2 is 1.77 bits per heavy atom. The number of nitro groups is 1. The highest BCUT2D eigenvalue weighted by Crippen LogP contribution is 2.60. The van der Waals surface area contributed by atoms with Crippen LogP contribution in [-0.2, 0) is 9.59 Å². The Morgan fingerprint density at radius 3 is 2.33 bits per heavy atom. The molecule has 39 heavy (non-hydrogen) atoms.